The van der Waals surface area contributed by atoms with Crippen LogP contribution in [0.5, 0.6) is 5.75 Å². The molecule has 2 aromatic carbocycles. The molecule has 1 aliphatic heterocycles. The van der Waals surface area contributed by atoms with E-state index in [1.807, 2.05) is 4.90 Å². The number of anilines is 2. The number of halogens is 1. The van der Waals surface area contributed by atoms with Gasteiger partial charge in [0.15, 0.2) is 0 Å². The Morgan fingerprint density at radius 2 is 2.00 bits per heavy atom. The van der Waals surface area contributed by atoms with Crippen LogP contribution in [0.3, 0.4) is 0 Å². The number of nitro benzene ring substituents is 1. The molecule has 8 nitrogen and oxygen atoms in total. The van der Waals surface area contributed by atoms with Crippen LogP contribution < -0.4 is 20.3 Å². The predicted molar refractivity (Wildman–Crippen MR) is 104 cm³/mol. The summed E-state index contributed by atoms with van der Waals surface area (Å²) in [5.74, 6) is 0.0491. The molecule has 0 aliphatic carbocycles. The van der Waals surface area contributed by atoms with Gasteiger partial charge in [0.2, 0.25) is 0 Å². The van der Waals surface area contributed by atoms with Gasteiger partial charge in [0.1, 0.15) is 11.4 Å². The van der Waals surface area contributed by atoms with Gasteiger partial charge < -0.3 is 20.3 Å². The summed E-state index contributed by atoms with van der Waals surface area (Å²) >= 11 is 6.05. The lowest BCUT2D eigenvalue weighted by Gasteiger charge is -2.29. The van der Waals surface area contributed by atoms with Gasteiger partial charge in [0.25, 0.3) is 11.6 Å². The first kappa shape index (κ1) is 18.9. The van der Waals surface area contributed by atoms with Crippen molar-refractivity contribution in [1.29, 1.82) is 0 Å². The number of methoxy groups -OCH3 is 1. The van der Waals surface area contributed by atoms with Crippen molar-refractivity contribution < 1.29 is 14.5 Å². The molecule has 9 heteroatoms. The topological polar surface area (TPSA) is 96.7 Å². The molecule has 142 valence electrons. The van der Waals surface area contributed by atoms with E-state index in [0.717, 1.165) is 13.1 Å². The molecule has 0 saturated carbocycles. The Morgan fingerprint density at radius 3 is 2.63 bits per heavy atom. The van der Waals surface area contributed by atoms with Crippen molar-refractivity contribution in [2.75, 3.05) is 43.5 Å². The highest BCUT2D eigenvalue weighted by atomic mass is 35.5. The predicted octanol–water partition coefficient (Wildman–Crippen LogP) is 2.92. The summed E-state index contributed by atoms with van der Waals surface area (Å²) in [6.07, 6.45) is 0. The number of benzene rings is 2. The van der Waals surface area contributed by atoms with Crippen LogP contribution in [0.4, 0.5) is 17.1 Å². The Labute approximate surface area is 161 Å². The highest BCUT2D eigenvalue weighted by Crippen LogP contribution is 2.32. The molecular formula is C18H19ClN4O4. The molecule has 0 spiro atoms. The van der Waals surface area contributed by atoms with Crippen molar-refractivity contribution in [3.8, 4) is 5.75 Å². The molecule has 1 fully saturated rings. The van der Waals surface area contributed by atoms with Crippen LogP contribution in [0.15, 0.2) is 36.4 Å². The van der Waals surface area contributed by atoms with E-state index in [9.17, 15) is 14.9 Å². The zero-order valence-electron chi connectivity index (χ0n) is 14.7. The first-order valence-electron chi connectivity index (χ1n) is 8.38. The molecule has 0 aromatic heterocycles. The maximum atomic E-state index is 12.4. The molecule has 0 atom stereocenters. The Morgan fingerprint density at radius 1 is 1.26 bits per heavy atom. The van der Waals surface area contributed by atoms with Crippen LogP contribution in [0.25, 0.3) is 0 Å². The number of nitrogens with one attached hydrogen (secondary N) is 2. The number of carbonyl (C=O) groups is 1. The second-order valence-corrected chi connectivity index (χ2v) is 6.41. The lowest BCUT2D eigenvalue weighted by atomic mass is 10.1. The van der Waals surface area contributed by atoms with E-state index < -0.39 is 10.8 Å². The van der Waals surface area contributed by atoms with Crippen molar-refractivity contribution >= 4 is 34.6 Å². The summed E-state index contributed by atoms with van der Waals surface area (Å²) in [5, 5.41) is 17.7. The summed E-state index contributed by atoms with van der Waals surface area (Å²) < 4.78 is 5.06. The number of carbonyl (C=O) groups excluding carboxylic acids is 1. The first-order chi connectivity index (χ1) is 13.0. The number of piperazine rings is 1. The minimum absolute atomic E-state index is 0.0394. The lowest BCUT2D eigenvalue weighted by Crippen LogP contribution is -2.43. The molecule has 2 N–H and O–H groups in total. The van der Waals surface area contributed by atoms with E-state index in [1.54, 1.807) is 24.3 Å². The Hall–Kier alpha value is -2.84. The van der Waals surface area contributed by atoms with Gasteiger partial charge in [0.05, 0.1) is 17.1 Å². The van der Waals surface area contributed by atoms with E-state index in [-0.39, 0.29) is 5.69 Å². The molecule has 1 aliphatic rings. The lowest BCUT2D eigenvalue weighted by molar-refractivity contribution is -0.384. The van der Waals surface area contributed by atoms with Crippen LogP contribution >= 0.6 is 11.6 Å². The molecule has 0 unspecified atom stereocenters. The number of amides is 1. The fourth-order valence-corrected chi connectivity index (χ4v) is 3.19. The SMILES string of the molecule is COc1ccc(C(=O)Nc2ccc(N3CCNCC3)c([N+](=O)[O-])c2)cc1Cl. The monoisotopic (exact) mass is 390 g/mol. The van der Waals surface area contributed by atoms with E-state index in [2.05, 4.69) is 10.6 Å². The standard InChI is InChI=1S/C18H19ClN4O4/c1-27-17-5-2-12(10-14(17)19)18(24)21-13-3-4-15(16(11-13)23(25)26)22-8-6-20-7-9-22/h2-5,10-11,20H,6-9H2,1H3,(H,21,24). The summed E-state index contributed by atoms with van der Waals surface area (Å²) in [6, 6.07) is 9.35. The van der Waals surface area contributed by atoms with Crippen LogP contribution in [-0.4, -0.2) is 44.1 Å². The van der Waals surface area contributed by atoms with E-state index in [1.165, 1.54) is 19.2 Å². The molecule has 1 saturated heterocycles. The van der Waals surface area contributed by atoms with Crippen molar-refractivity contribution in [2.24, 2.45) is 0 Å². The minimum Gasteiger partial charge on any atom is -0.495 e. The largest absolute Gasteiger partial charge is 0.495 e. The third kappa shape index (κ3) is 4.29. The summed E-state index contributed by atoms with van der Waals surface area (Å²) in [5.41, 5.74) is 1.18. The van der Waals surface area contributed by atoms with Crippen LogP contribution in [0.2, 0.25) is 5.02 Å². The van der Waals surface area contributed by atoms with Crippen LogP contribution in [0, 0.1) is 10.1 Å². The minimum atomic E-state index is -0.433. The number of ether oxygens (including phenoxy) is 1. The van der Waals surface area contributed by atoms with Gasteiger partial charge in [-0.05, 0) is 30.3 Å². The Kier molecular flexibility index (Phi) is 5.78. The molecular weight excluding hydrogens is 372 g/mol. The number of hydrogen-bond donors (Lipinski definition) is 2. The fraction of sp³-hybridized carbons (Fsp3) is 0.278. The van der Waals surface area contributed by atoms with Crippen LogP contribution in [-0.2, 0) is 0 Å². The third-order valence-corrected chi connectivity index (χ3v) is 4.60. The molecule has 1 heterocycles. The van der Waals surface area contributed by atoms with Gasteiger partial charge in [0, 0.05) is 43.5 Å². The quantitative estimate of drug-likeness (QED) is 0.602. The molecule has 27 heavy (non-hydrogen) atoms. The highest BCUT2D eigenvalue weighted by molar-refractivity contribution is 6.32. The van der Waals surface area contributed by atoms with Gasteiger partial charge in [-0.1, -0.05) is 11.6 Å². The molecule has 0 bridgehead atoms. The second-order valence-electron chi connectivity index (χ2n) is 6.00. The summed E-state index contributed by atoms with van der Waals surface area (Å²) in [6.45, 7) is 2.93. The normalized spacial score (nSPS) is 13.9. The van der Waals surface area contributed by atoms with E-state index >= 15 is 0 Å². The smallest absolute Gasteiger partial charge is 0.294 e. The fourth-order valence-electron chi connectivity index (χ4n) is 2.93. The summed E-state index contributed by atoms with van der Waals surface area (Å²) in [4.78, 5) is 25.5. The molecule has 0 radical (unpaired) electrons. The third-order valence-electron chi connectivity index (χ3n) is 4.30. The Bertz CT molecular complexity index is 868. The van der Waals surface area contributed by atoms with Gasteiger partial charge in [-0.3, -0.25) is 14.9 Å². The average Bonchev–Trinajstić information content (AvgIpc) is 2.68. The number of nitro groups is 1. The average molecular weight is 391 g/mol. The highest BCUT2D eigenvalue weighted by Gasteiger charge is 2.22. The number of hydrogen-bond acceptors (Lipinski definition) is 6. The first-order valence-corrected chi connectivity index (χ1v) is 8.76. The maximum Gasteiger partial charge on any atom is 0.294 e. The van der Waals surface area contributed by atoms with Crippen LogP contribution in [0.1, 0.15) is 10.4 Å². The molecule has 3 rings (SSSR count). The van der Waals surface area contributed by atoms with Gasteiger partial charge in [-0.2, -0.15) is 0 Å². The molecule has 2 aromatic rings. The second kappa shape index (κ2) is 8.24. The number of nitrogens with zero attached hydrogens (tertiary/aromatic N) is 2. The Balaban J connectivity index is 1.82. The number of rotatable bonds is 5. The van der Waals surface area contributed by atoms with Crippen molar-refractivity contribution in [3.63, 3.8) is 0 Å². The van der Waals surface area contributed by atoms with Gasteiger partial charge in [-0.25, -0.2) is 0 Å². The van der Waals surface area contributed by atoms with Crippen molar-refractivity contribution in [1.82, 2.24) is 5.32 Å². The van der Waals surface area contributed by atoms with Gasteiger partial charge in [-0.15, -0.1) is 0 Å². The van der Waals surface area contributed by atoms with Crippen molar-refractivity contribution in [2.45, 2.75) is 0 Å². The maximum absolute atomic E-state index is 12.4. The summed E-state index contributed by atoms with van der Waals surface area (Å²) in [7, 11) is 1.49. The van der Waals surface area contributed by atoms with Gasteiger partial charge >= 0.3 is 0 Å². The molecule has 1 amide bonds. The van der Waals surface area contributed by atoms with E-state index in [0.29, 0.717) is 40.8 Å². The zero-order chi connectivity index (χ0) is 19.4. The van der Waals surface area contributed by atoms with E-state index in [4.69, 9.17) is 16.3 Å². The van der Waals surface area contributed by atoms with Crippen molar-refractivity contribution in [3.05, 3.63) is 57.1 Å². The zero-order valence-corrected chi connectivity index (χ0v) is 15.5.